The standard InChI is InChI=1S/C13H18Br2N2/c1-2-3-11-9-17(7-6-16-11)13-8-10(14)4-5-12(13)15/h4-5,8,11,16H,2-3,6-7,9H2,1H3. The molecule has 2 rings (SSSR count). The number of nitrogens with one attached hydrogen (secondary N) is 1. The summed E-state index contributed by atoms with van der Waals surface area (Å²) >= 11 is 7.19. The predicted octanol–water partition coefficient (Wildman–Crippen LogP) is 3.79. The Bertz CT molecular complexity index is 380. The number of hydrogen-bond acceptors (Lipinski definition) is 2. The van der Waals surface area contributed by atoms with E-state index in [9.17, 15) is 0 Å². The molecule has 1 unspecified atom stereocenters. The average Bonchev–Trinajstić information content (AvgIpc) is 2.33. The first-order valence-corrected chi connectivity index (χ1v) is 7.72. The number of nitrogens with zero attached hydrogens (tertiary/aromatic N) is 1. The SMILES string of the molecule is CCCC1CN(c2cc(Br)ccc2Br)CCN1. The van der Waals surface area contributed by atoms with Crippen LogP contribution < -0.4 is 10.2 Å². The van der Waals surface area contributed by atoms with E-state index in [-0.39, 0.29) is 0 Å². The number of benzene rings is 1. The molecule has 1 aliphatic heterocycles. The van der Waals surface area contributed by atoms with E-state index in [4.69, 9.17) is 0 Å². The molecule has 1 saturated heterocycles. The Hall–Kier alpha value is -0.0600. The van der Waals surface area contributed by atoms with Crippen molar-refractivity contribution in [3.05, 3.63) is 27.1 Å². The molecule has 1 atom stereocenters. The van der Waals surface area contributed by atoms with Crippen LogP contribution in [0.2, 0.25) is 0 Å². The third-order valence-corrected chi connectivity index (χ3v) is 4.31. The molecule has 1 aromatic rings. The summed E-state index contributed by atoms with van der Waals surface area (Å²) in [6.07, 6.45) is 2.49. The molecule has 0 aromatic heterocycles. The van der Waals surface area contributed by atoms with Crippen LogP contribution in [0.5, 0.6) is 0 Å². The van der Waals surface area contributed by atoms with E-state index in [2.05, 4.69) is 67.2 Å². The fourth-order valence-corrected chi connectivity index (χ4v) is 3.16. The van der Waals surface area contributed by atoms with Crippen LogP contribution in [0, 0.1) is 0 Å². The Labute approximate surface area is 120 Å². The summed E-state index contributed by atoms with van der Waals surface area (Å²) in [4.78, 5) is 2.46. The number of hydrogen-bond donors (Lipinski definition) is 1. The first kappa shape index (κ1) is 13.4. The highest BCUT2D eigenvalue weighted by Gasteiger charge is 2.20. The van der Waals surface area contributed by atoms with Crippen LogP contribution in [0.4, 0.5) is 5.69 Å². The van der Waals surface area contributed by atoms with Gasteiger partial charge < -0.3 is 10.2 Å². The molecule has 1 heterocycles. The largest absolute Gasteiger partial charge is 0.368 e. The van der Waals surface area contributed by atoms with E-state index < -0.39 is 0 Å². The number of piperazine rings is 1. The quantitative estimate of drug-likeness (QED) is 0.881. The highest BCUT2D eigenvalue weighted by atomic mass is 79.9. The van der Waals surface area contributed by atoms with Crippen LogP contribution in [0.25, 0.3) is 0 Å². The molecule has 1 N–H and O–H groups in total. The van der Waals surface area contributed by atoms with Gasteiger partial charge >= 0.3 is 0 Å². The summed E-state index contributed by atoms with van der Waals surface area (Å²) in [6, 6.07) is 6.99. The molecule has 1 fully saturated rings. The maximum absolute atomic E-state index is 3.64. The summed E-state index contributed by atoms with van der Waals surface area (Å²) in [5.74, 6) is 0. The van der Waals surface area contributed by atoms with Gasteiger partial charge in [-0.1, -0.05) is 29.3 Å². The third kappa shape index (κ3) is 3.46. The molecule has 2 nitrogen and oxygen atoms in total. The molecule has 4 heteroatoms. The van der Waals surface area contributed by atoms with Crippen molar-refractivity contribution in [3.63, 3.8) is 0 Å². The molecule has 1 aromatic carbocycles. The van der Waals surface area contributed by atoms with Gasteiger partial charge in [0.1, 0.15) is 0 Å². The van der Waals surface area contributed by atoms with Gasteiger partial charge in [-0.3, -0.25) is 0 Å². The second-order valence-corrected chi connectivity index (χ2v) is 6.25. The smallest absolute Gasteiger partial charge is 0.0522 e. The molecular weight excluding hydrogens is 344 g/mol. The third-order valence-electron chi connectivity index (χ3n) is 3.14. The lowest BCUT2D eigenvalue weighted by Gasteiger charge is -2.36. The molecule has 0 amide bonds. The molecule has 17 heavy (non-hydrogen) atoms. The van der Waals surface area contributed by atoms with Gasteiger partial charge in [0, 0.05) is 34.6 Å². The minimum absolute atomic E-state index is 0.625. The van der Waals surface area contributed by atoms with E-state index in [0.717, 1.165) is 24.1 Å². The van der Waals surface area contributed by atoms with Gasteiger partial charge in [0.05, 0.1) is 5.69 Å². The monoisotopic (exact) mass is 360 g/mol. The highest BCUT2D eigenvalue weighted by Crippen LogP contribution is 2.30. The number of halogens is 2. The molecule has 1 aliphatic rings. The molecule has 0 aliphatic carbocycles. The van der Waals surface area contributed by atoms with Crippen LogP contribution in [-0.2, 0) is 0 Å². The van der Waals surface area contributed by atoms with E-state index in [1.807, 2.05) is 0 Å². The van der Waals surface area contributed by atoms with Crippen LogP contribution in [-0.4, -0.2) is 25.7 Å². The highest BCUT2D eigenvalue weighted by molar-refractivity contribution is 9.11. The molecule has 0 spiro atoms. The van der Waals surface area contributed by atoms with E-state index in [0.29, 0.717) is 6.04 Å². The van der Waals surface area contributed by atoms with Crippen molar-refractivity contribution < 1.29 is 0 Å². The average molecular weight is 362 g/mol. The summed E-state index contributed by atoms with van der Waals surface area (Å²) in [5.41, 5.74) is 1.29. The zero-order valence-corrected chi connectivity index (χ0v) is 13.2. The van der Waals surface area contributed by atoms with Gasteiger partial charge in [0.2, 0.25) is 0 Å². The van der Waals surface area contributed by atoms with Gasteiger partial charge in [-0.25, -0.2) is 0 Å². The number of rotatable bonds is 3. The molecule has 0 radical (unpaired) electrons. The summed E-state index contributed by atoms with van der Waals surface area (Å²) in [5, 5.41) is 3.59. The van der Waals surface area contributed by atoms with Crippen molar-refractivity contribution in [3.8, 4) is 0 Å². The molecular formula is C13H18Br2N2. The van der Waals surface area contributed by atoms with Crippen molar-refractivity contribution in [1.82, 2.24) is 5.32 Å². The molecule has 0 bridgehead atoms. The van der Waals surface area contributed by atoms with Crippen molar-refractivity contribution in [2.45, 2.75) is 25.8 Å². The second-order valence-electron chi connectivity index (χ2n) is 4.48. The Morgan fingerprint density at radius 3 is 3.00 bits per heavy atom. The van der Waals surface area contributed by atoms with Crippen molar-refractivity contribution in [1.29, 1.82) is 0 Å². The minimum atomic E-state index is 0.625. The normalized spacial score (nSPS) is 20.6. The Balaban J connectivity index is 2.13. The summed E-state index contributed by atoms with van der Waals surface area (Å²) < 4.78 is 2.32. The van der Waals surface area contributed by atoms with Gasteiger partial charge in [-0.05, 0) is 40.5 Å². The maximum Gasteiger partial charge on any atom is 0.0522 e. The fourth-order valence-electron chi connectivity index (χ4n) is 2.31. The van der Waals surface area contributed by atoms with Crippen LogP contribution in [0.1, 0.15) is 19.8 Å². The Morgan fingerprint density at radius 2 is 2.24 bits per heavy atom. The zero-order chi connectivity index (χ0) is 12.3. The van der Waals surface area contributed by atoms with E-state index in [1.165, 1.54) is 23.0 Å². The van der Waals surface area contributed by atoms with Crippen LogP contribution in [0.15, 0.2) is 27.1 Å². The lowest BCUT2D eigenvalue weighted by molar-refractivity contribution is 0.430. The van der Waals surface area contributed by atoms with E-state index in [1.54, 1.807) is 0 Å². The summed E-state index contributed by atoms with van der Waals surface area (Å²) in [6.45, 7) is 5.50. The lowest BCUT2D eigenvalue weighted by atomic mass is 10.1. The zero-order valence-electron chi connectivity index (χ0n) is 10.0. The summed E-state index contributed by atoms with van der Waals surface area (Å²) in [7, 11) is 0. The first-order chi connectivity index (χ1) is 8.20. The topological polar surface area (TPSA) is 15.3 Å². The fraction of sp³-hybridized carbons (Fsp3) is 0.538. The maximum atomic E-state index is 3.64. The first-order valence-electron chi connectivity index (χ1n) is 6.14. The second kappa shape index (κ2) is 6.21. The van der Waals surface area contributed by atoms with Gasteiger partial charge in [0.25, 0.3) is 0 Å². The Morgan fingerprint density at radius 1 is 1.41 bits per heavy atom. The van der Waals surface area contributed by atoms with E-state index >= 15 is 0 Å². The Kier molecular flexibility index (Phi) is 4.88. The van der Waals surface area contributed by atoms with Crippen molar-refractivity contribution in [2.24, 2.45) is 0 Å². The van der Waals surface area contributed by atoms with Crippen LogP contribution >= 0.6 is 31.9 Å². The van der Waals surface area contributed by atoms with Crippen molar-refractivity contribution >= 4 is 37.5 Å². The van der Waals surface area contributed by atoms with Gasteiger partial charge in [0.15, 0.2) is 0 Å². The predicted molar refractivity (Wildman–Crippen MR) is 80.8 cm³/mol. The van der Waals surface area contributed by atoms with Gasteiger partial charge in [-0.15, -0.1) is 0 Å². The number of anilines is 1. The molecule has 94 valence electrons. The minimum Gasteiger partial charge on any atom is -0.368 e. The van der Waals surface area contributed by atoms with Gasteiger partial charge in [-0.2, -0.15) is 0 Å². The lowest BCUT2D eigenvalue weighted by Crippen LogP contribution is -2.50. The molecule has 0 saturated carbocycles. The van der Waals surface area contributed by atoms with Crippen LogP contribution in [0.3, 0.4) is 0 Å². The van der Waals surface area contributed by atoms with Crippen molar-refractivity contribution in [2.75, 3.05) is 24.5 Å².